The van der Waals surface area contributed by atoms with Gasteiger partial charge < -0.3 is 0 Å². The number of carbonyl (C=O) groups is 1. The molecule has 1 amide bonds. The molecule has 35 heavy (non-hydrogen) atoms. The van der Waals surface area contributed by atoms with Gasteiger partial charge in [0.1, 0.15) is 0 Å². The average Bonchev–Trinajstić information content (AvgIpc) is 2.79. The quantitative estimate of drug-likeness (QED) is 0.330. The molecule has 0 aromatic heterocycles. The van der Waals surface area contributed by atoms with Gasteiger partial charge in [0.2, 0.25) is 10.0 Å². The molecule has 0 saturated carbocycles. The predicted octanol–water partition coefficient (Wildman–Crippen LogP) is 5.29. The van der Waals surface area contributed by atoms with Crippen molar-refractivity contribution in [3.63, 3.8) is 0 Å². The first-order valence-electron chi connectivity index (χ1n) is 11.2. The van der Waals surface area contributed by atoms with Gasteiger partial charge in [-0.15, -0.1) is 0 Å². The molecule has 6 nitrogen and oxygen atoms in total. The number of aryl methyl sites for hydroxylation is 1. The zero-order valence-electron chi connectivity index (χ0n) is 20.3. The Morgan fingerprint density at radius 2 is 1.69 bits per heavy atom. The van der Waals surface area contributed by atoms with E-state index in [9.17, 15) is 13.2 Å². The van der Waals surface area contributed by atoms with Crippen LogP contribution in [0, 0.1) is 6.92 Å². The third-order valence-electron chi connectivity index (χ3n) is 5.39. The highest BCUT2D eigenvalue weighted by molar-refractivity contribution is 7.89. The second-order valence-electron chi connectivity index (χ2n) is 9.38. The van der Waals surface area contributed by atoms with Gasteiger partial charge in [-0.05, 0) is 53.3 Å². The summed E-state index contributed by atoms with van der Waals surface area (Å²) in [7, 11) is -3.96. The van der Waals surface area contributed by atoms with Crippen molar-refractivity contribution < 1.29 is 13.2 Å². The van der Waals surface area contributed by atoms with Crippen LogP contribution < -0.4 is 5.43 Å². The summed E-state index contributed by atoms with van der Waals surface area (Å²) in [5.74, 6) is -0.544. The molecule has 0 unspecified atom stereocenters. The summed E-state index contributed by atoms with van der Waals surface area (Å²) < 4.78 is 27.8. The first-order chi connectivity index (χ1) is 16.4. The number of sulfonamides is 1. The number of nitrogens with zero attached hydrogens (tertiary/aromatic N) is 2. The second-order valence-corrected chi connectivity index (χ2v) is 11.8. The van der Waals surface area contributed by atoms with Crippen LogP contribution in [0.4, 0.5) is 0 Å². The number of nitrogens with one attached hydrogen (secondary N) is 1. The maximum absolute atomic E-state index is 13.3. The maximum atomic E-state index is 13.3. The van der Waals surface area contributed by atoms with Gasteiger partial charge in [0, 0.05) is 11.6 Å². The lowest BCUT2D eigenvalue weighted by molar-refractivity contribution is -0.121. The molecule has 0 radical (unpaired) electrons. The Morgan fingerprint density at radius 1 is 1.03 bits per heavy atom. The van der Waals surface area contributed by atoms with Crippen molar-refractivity contribution in [1.29, 1.82) is 0 Å². The van der Waals surface area contributed by atoms with Crippen molar-refractivity contribution >= 4 is 33.7 Å². The number of hydrogen-bond donors (Lipinski definition) is 1. The first kappa shape index (κ1) is 26.6. The number of hydrazone groups is 1. The first-order valence-corrected chi connectivity index (χ1v) is 13.0. The van der Waals surface area contributed by atoms with E-state index in [1.807, 2.05) is 55.5 Å². The Kier molecular flexibility index (Phi) is 8.48. The average molecular weight is 512 g/mol. The summed E-state index contributed by atoms with van der Waals surface area (Å²) in [6.45, 7) is 7.99. The summed E-state index contributed by atoms with van der Waals surface area (Å²) in [6, 6.07) is 21.3. The molecule has 0 aliphatic heterocycles. The van der Waals surface area contributed by atoms with E-state index in [0.717, 1.165) is 21.0 Å². The molecule has 0 saturated heterocycles. The smallest absolute Gasteiger partial charge is 0.255 e. The lowest BCUT2D eigenvalue weighted by Crippen LogP contribution is -2.39. The Balaban J connectivity index is 1.75. The third-order valence-corrected chi connectivity index (χ3v) is 7.45. The molecule has 184 valence electrons. The molecule has 3 aromatic carbocycles. The topological polar surface area (TPSA) is 78.8 Å². The minimum Gasteiger partial charge on any atom is -0.272 e. The Morgan fingerprint density at radius 3 is 2.29 bits per heavy atom. The molecular weight excluding hydrogens is 482 g/mol. The Bertz CT molecular complexity index is 1300. The van der Waals surface area contributed by atoms with Gasteiger partial charge in [0.15, 0.2) is 0 Å². The predicted molar refractivity (Wildman–Crippen MR) is 141 cm³/mol. The van der Waals surface area contributed by atoms with E-state index < -0.39 is 15.9 Å². The lowest BCUT2D eigenvalue weighted by atomic mass is 9.87. The van der Waals surface area contributed by atoms with Gasteiger partial charge >= 0.3 is 0 Å². The number of carbonyl (C=O) groups excluding carboxylic acids is 1. The highest BCUT2D eigenvalue weighted by Gasteiger charge is 2.27. The summed E-state index contributed by atoms with van der Waals surface area (Å²) in [6.07, 6.45) is 1.53. The molecule has 1 N–H and O–H groups in total. The molecule has 0 heterocycles. The minimum absolute atomic E-state index is 0.0397. The molecule has 0 aliphatic rings. The van der Waals surface area contributed by atoms with Crippen molar-refractivity contribution in [3.8, 4) is 0 Å². The van der Waals surface area contributed by atoms with E-state index in [2.05, 4.69) is 31.3 Å². The van der Waals surface area contributed by atoms with Gasteiger partial charge in [0.25, 0.3) is 5.91 Å². The number of benzene rings is 3. The van der Waals surface area contributed by atoms with E-state index in [1.54, 1.807) is 0 Å². The van der Waals surface area contributed by atoms with E-state index in [-0.39, 0.29) is 23.4 Å². The molecule has 3 rings (SSSR count). The fraction of sp³-hybridized carbons (Fsp3) is 0.259. The zero-order chi connectivity index (χ0) is 25.6. The fourth-order valence-electron chi connectivity index (χ4n) is 3.44. The van der Waals surface area contributed by atoms with Crippen LogP contribution in [-0.4, -0.2) is 31.4 Å². The van der Waals surface area contributed by atoms with E-state index in [0.29, 0.717) is 5.02 Å². The minimum atomic E-state index is -3.96. The summed E-state index contributed by atoms with van der Waals surface area (Å²) in [5.41, 5.74) is 6.27. The lowest BCUT2D eigenvalue weighted by Gasteiger charge is -2.22. The molecule has 3 aromatic rings. The van der Waals surface area contributed by atoms with Crippen molar-refractivity contribution in [1.82, 2.24) is 9.73 Å². The van der Waals surface area contributed by atoms with E-state index in [1.165, 1.54) is 36.0 Å². The van der Waals surface area contributed by atoms with E-state index >= 15 is 0 Å². The maximum Gasteiger partial charge on any atom is 0.255 e. The zero-order valence-corrected chi connectivity index (χ0v) is 21.9. The third kappa shape index (κ3) is 7.49. The van der Waals surface area contributed by atoms with Gasteiger partial charge in [-0.1, -0.05) is 86.5 Å². The molecule has 8 heteroatoms. The highest BCUT2D eigenvalue weighted by Crippen LogP contribution is 2.22. The normalized spacial score (nSPS) is 12.3. The molecule has 0 bridgehead atoms. The largest absolute Gasteiger partial charge is 0.272 e. The van der Waals surface area contributed by atoms with Crippen LogP contribution in [-0.2, 0) is 26.8 Å². The second kappa shape index (κ2) is 11.2. The summed E-state index contributed by atoms with van der Waals surface area (Å²) in [4.78, 5) is 12.7. The van der Waals surface area contributed by atoms with Gasteiger partial charge in [-0.2, -0.15) is 9.41 Å². The molecule has 0 aliphatic carbocycles. The van der Waals surface area contributed by atoms with Crippen molar-refractivity contribution in [2.45, 2.75) is 44.6 Å². The van der Waals surface area contributed by atoms with Gasteiger partial charge in [-0.25, -0.2) is 13.8 Å². The van der Waals surface area contributed by atoms with Crippen molar-refractivity contribution in [2.75, 3.05) is 6.54 Å². The van der Waals surface area contributed by atoms with Crippen LogP contribution >= 0.6 is 11.6 Å². The van der Waals surface area contributed by atoms with Crippen molar-refractivity contribution in [3.05, 3.63) is 100 Å². The Hall–Kier alpha value is -3.00. The van der Waals surface area contributed by atoms with Crippen molar-refractivity contribution in [2.24, 2.45) is 5.10 Å². The van der Waals surface area contributed by atoms with Crippen LogP contribution in [0.5, 0.6) is 0 Å². The van der Waals surface area contributed by atoms with Crippen LogP contribution in [0.3, 0.4) is 0 Å². The molecular formula is C27H30ClN3O3S. The van der Waals surface area contributed by atoms with E-state index in [4.69, 9.17) is 11.6 Å². The number of amides is 1. The molecule has 0 fully saturated rings. The number of halogens is 1. The number of hydrogen-bond acceptors (Lipinski definition) is 4. The Labute approximate surface area is 212 Å². The van der Waals surface area contributed by atoms with Crippen LogP contribution in [0.2, 0.25) is 5.02 Å². The summed E-state index contributed by atoms with van der Waals surface area (Å²) in [5, 5.41) is 4.44. The van der Waals surface area contributed by atoms with Crippen LogP contribution in [0.1, 0.15) is 43.0 Å². The van der Waals surface area contributed by atoms with Crippen LogP contribution in [0.25, 0.3) is 0 Å². The number of rotatable bonds is 8. The van der Waals surface area contributed by atoms with Gasteiger partial charge in [-0.3, -0.25) is 4.79 Å². The molecule has 0 spiro atoms. The van der Waals surface area contributed by atoms with Crippen LogP contribution in [0.15, 0.2) is 82.8 Å². The SMILES string of the molecule is Cc1cccc(CN(CC(=O)N/N=C\c2ccc(C(C)(C)C)cc2)S(=O)(=O)c2ccc(Cl)cc2)c1. The molecule has 0 atom stereocenters. The highest BCUT2D eigenvalue weighted by atomic mass is 35.5. The fourth-order valence-corrected chi connectivity index (χ4v) is 4.95. The van der Waals surface area contributed by atoms with Gasteiger partial charge in [0.05, 0.1) is 17.7 Å². The summed E-state index contributed by atoms with van der Waals surface area (Å²) >= 11 is 5.92. The monoisotopic (exact) mass is 511 g/mol. The standard InChI is InChI=1S/C27H30ClN3O3S/c1-20-6-5-7-22(16-20)18-31(35(33,34)25-14-12-24(28)13-15-25)19-26(32)30-29-17-21-8-10-23(11-9-21)27(2,3)4/h5-17H,18-19H2,1-4H3,(H,30,32)/b29-17-.